The molecule has 0 radical (unpaired) electrons. The third kappa shape index (κ3) is 3.57. The molecule has 0 atom stereocenters. The van der Waals surface area contributed by atoms with Crippen molar-refractivity contribution in [2.24, 2.45) is 0 Å². The van der Waals surface area contributed by atoms with Gasteiger partial charge in [-0.1, -0.05) is 0 Å². The average Bonchev–Trinajstić information content (AvgIpc) is 2.32. The van der Waals surface area contributed by atoms with Crippen LogP contribution in [0.25, 0.3) is 0 Å². The monoisotopic (exact) mass is 369 g/mol. The molecule has 0 aliphatic heterocycles. The average molecular weight is 371 g/mol. The van der Waals surface area contributed by atoms with E-state index >= 15 is 0 Å². The molecule has 0 unspecified atom stereocenters. The van der Waals surface area contributed by atoms with Gasteiger partial charge in [-0.05, 0) is 45.7 Å². The summed E-state index contributed by atoms with van der Waals surface area (Å²) in [4.78, 5) is 6.73. The Labute approximate surface area is 124 Å². The SMILES string of the molecule is Fc1ccc(Nc2cc(C(F)(F)F)nc(Cl)n2)cc1Br. The minimum Gasteiger partial charge on any atom is -0.340 e. The van der Waals surface area contributed by atoms with E-state index in [9.17, 15) is 17.6 Å². The van der Waals surface area contributed by atoms with Crippen molar-refractivity contribution in [1.82, 2.24) is 9.97 Å². The number of benzene rings is 1. The first kappa shape index (κ1) is 15.0. The first-order valence-electron chi connectivity index (χ1n) is 5.09. The molecule has 2 aromatic rings. The molecule has 2 rings (SSSR count). The molecule has 0 aliphatic carbocycles. The largest absolute Gasteiger partial charge is 0.433 e. The predicted molar refractivity (Wildman–Crippen MR) is 69.4 cm³/mol. The van der Waals surface area contributed by atoms with Crippen molar-refractivity contribution in [1.29, 1.82) is 0 Å². The lowest BCUT2D eigenvalue weighted by atomic mass is 10.3. The molecule has 20 heavy (non-hydrogen) atoms. The Kier molecular flexibility index (Phi) is 4.14. The number of anilines is 2. The molecule has 0 spiro atoms. The first-order chi connectivity index (χ1) is 9.25. The van der Waals surface area contributed by atoms with E-state index in [2.05, 4.69) is 31.2 Å². The van der Waals surface area contributed by atoms with Gasteiger partial charge in [0.05, 0.1) is 4.47 Å². The van der Waals surface area contributed by atoms with E-state index < -0.39 is 23.0 Å². The van der Waals surface area contributed by atoms with Gasteiger partial charge in [0.2, 0.25) is 5.28 Å². The highest BCUT2D eigenvalue weighted by Gasteiger charge is 2.33. The van der Waals surface area contributed by atoms with Crippen molar-refractivity contribution in [3.63, 3.8) is 0 Å². The van der Waals surface area contributed by atoms with Crippen molar-refractivity contribution in [2.45, 2.75) is 6.18 Å². The lowest BCUT2D eigenvalue weighted by Crippen LogP contribution is -2.10. The zero-order valence-electron chi connectivity index (χ0n) is 9.47. The van der Waals surface area contributed by atoms with Crippen LogP contribution in [0.1, 0.15) is 5.69 Å². The molecule has 1 aromatic heterocycles. The van der Waals surface area contributed by atoms with E-state index in [0.29, 0.717) is 11.8 Å². The Morgan fingerprint density at radius 1 is 1.15 bits per heavy atom. The quantitative estimate of drug-likeness (QED) is 0.610. The Bertz CT molecular complexity index is 648. The lowest BCUT2D eigenvalue weighted by molar-refractivity contribution is -0.141. The molecule has 1 heterocycles. The molecule has 1 aromatic carbocycles. The molecule has 0 aliphatic rings. The lowest BCUT2D eigenvalue weighted by Gasteiger charge is -2.10. The van der Waals surface area contributed by atoms with Gasteiger partial charge in [0.15, 0.2) is 5.69 Å². The normalized spacial score (nSPS) is 11.5. The number of aromatic nitrogens is 2. The van der Waals surface area contributed by atoms with Gasteiger partial charge in [-0.2, -0.15) is 13.2 Å². The van der Waals surface area contributed by atoms with Crippen LogP contribution in [-0.4, -0.2) is 9.97 Å². The van der Waals surface area contributed by atoms with Crippen LogP contribution in [0, 0.1) is 5.82 Å². The molecular formula is C11H5BrClF4N3. The van der Waals surface area contributed by atoms with E-state index in [-0.39, 0.29) is 10.3 Å². The highest BCUT2D eigenvalue weighted by Crippen LogP contribution is 2.30. The zero-order chi connectivity index (χ0) is 14.9. The van der Waals surface area contributed by atoms with Gasteiger partial charge < -0.3 is 5.32 Å². The maximum absolute atomic E-state index is 13.1. The molecule has 0 bridgehead atoms. The molecule has 0 saturated heterocycles. The fraction of sp³-hybridized carbons (Fsp3) is 0.0909. The highest BCUT2D eigenvalue weighted by molar-refractivity contribution is 9.10. The van der Waals surface area contributed by atoms with Crippen LogP contribution in [0.5, 0.6) is 0 Å². The van der Waals surface area contributed by atoms with Gasteiger partial charge in [-0.3, -0.25) is 0 Å². The molecule has 9 heteroatoms. The van der Waals surface area contributed by atoms with Gasteiger partial charge in [0.1, 0.15) is 11.6 Å². The fourth-order valence-electron chi connectivity index (χ4n) is 1.35. The maximum Gasteiger partial charge on any atom is 0.433 e. The van der Waals surface area contributed by atoms with Gasteiger partial charge >= 0.3 is 6.18 Å². The summed E-state index contributed by atoms with van der Waals surface area (Å²) in [6, 6.07) is 4.57. The number of alkyl halides is 3. The van der Waals surface area contributed by atoms with Gasteiger partial charge in [-0.15, -0.1) is 0 Å². The second kappa shape index (κ2) is 5.53. The Balaban J connectivity index is 2.33. The Morgan fingerprint density at radius 3 is 2.45 bits per heavy atom. The van der Waals surface area contributed by atoms with Crippen molar-refractivity contribution in [3.05, 3.63) is 45.5 Å². The molecular weight excluding hydrogens is 365 g/mol. The molecule has 106 valence electrons. The van der Waals surface area contributed by atoms with Crippen LogP contribution in [0.3, 0.4) is 0 Å². The van der Waals surface area contributed by atoms with E-state index in [1.54, 1.807) is 0 Å². The number of nitrogens with zero attached hydrogens (tertiary/aromatic N) is 2. The number of rotatable bonds is 2. The highest BCUT2D eigenvalue weighted by atomic mass is 79.9. The van der Waals surface area contributed by atoms with E-state index in [1.807, 2.05) is 0 Å². The van der Waals surface area contributed by atoms with Gasteiger partial charge in [-0.25, -0.2) is 14.4 Å². The summed E-state index contributed by atoms with van der Waals surface area (Å²) in [5.74, 6) is -0.636. The standard InChI is InChI=1S/C11H5BrClF4N3/c12-6-3-5(1-2-7(6)14)18-9-4-8(11(15,16)17)19-10(13)20-9/h1-4H,(H,18,19,20). The maximum atomic E-state index is 13.1. The van der Waals surface area contributed by atoms with E-state index in [1.165, 1.54) is 12.1 Å². The van der Waals surface area contributed by atoms with Gasteiger partial charge in [0.25, 0.3) is 0 Å². The summed E-state index contributed by atoms with van der Waals surface area (Å²) in [6.45, 7) is 0. The van der Waals surface area contributed by atoms with Crippen LogP contribution >= 0.6 is 27.5 Å². The van der Waals surface area contributed by atoms with Crippen LogP contribution in [0.15, 0.2) is 28.7 Å². The zero-order valence-corrected chi connectivity index (χ0v) is 11.8. The topological polar surface area (TPSA) is 37.8 Å². The summed E-state index contributed by atoms with van der Waals surface area (Å²) in [7, 11) is 0. The summed E-state index contributed by atoms with van der Waals surface area (Å²) in [6.07, 6.45) is -4.63. The van der Waals surface area contributed by atoms with Crippen molar-refractivity contribution >= 4 is 39.0 Å². The number of hydrogen-bond donors (Lipinski definition) is 1. The van der Waals surface area contributed by atoms with Gasteiger partial charge in [0, 0.05) is 11.8 Å². The second-order valence-electron chi connectivity index (χ2n) is 3.66. The van der Waals surface area contributed by atoms with Crippen molar-refractivity contribution in [2.75, 3.05) is 5.32 Å². The van der Waals surface area contributed by atoms with Crippen LogP contribution < -0.4 is 5.32 Å². The molecule has 3 nitrogen and oxygen atoms in total. The predicted octanol–water partition coefficient (Wildman–Crippen LogP) is 4.79. The van der Waals surface area contributed by atoms with Crippen molar-refractivity contribution in [3.8, 4) is 0 Å². The molecule has 0 fully saturated rings. The number of halogens is 6. The number of hydrogen-bond acceptors (Lipinski definition) is 3. The summed E-state index contributed by atoms with van der Waals surface area (Å²) < 4.78 is 50.9. The van der Waals surface area contributed by atoms with Crippen molar-refractivity contribution < 1.29 is 17.6 Å². The van der Waals surface area contributed by atoms with Crippen LogP contribution in [0.4, 0.5) is 29.1 Å². The first-order valence-corrected chi connectivity index (χ1v) is 6.26. The summed E-state index contributed by atoms with van der Waals surface area (Å²) in [5.41, 5.74) is -0.817. The second-order valence-corrected chi connectivity index (χ2v) is 4.85. The van der Waals surface area contributed by atoms with Crippen LogP contribution in [-0.2, 0) is 6.18 Å². The Hall–Kier alpha value is -1.41. The molecule has 0 amide bonds. The van der Waals surface area contributed by atoms with Crippen LogP contribution in [0.2, 0.25) is 5.28 Å². The third-order valence-electron chi connectivity index (χ3n) is 2.18. The molecule has 0 saturated carbocycles. The fourth-order valence-corrected chi connectivity index (χ4v) is 1.91. The minimum atomic E-state index is -4.63. The third-order valence-corrected chi connectivity index (χ3v) is 2.96. The van der Waals surface area contributed by atoms with E-state index in [4.69, 9.17) is 11.6 Å². The molecule has 1 N–H and O–H groups in total. The number of nitrogens with one attached hydrogen (secondary N) is 1. The smallest absolute Gasteiger partial charge is 0.340 e. The Morgan fingerprint density at radius 2 is 1.85 bits per heavy atom. The van der Waals surface area contributed by atoms with E-state index in [0.717, 1.165) is 6.07 Å². The summed E-state index contributed by atoms with van der Waals surface area (Å²) in [5, 5.41) is 2.05. The summed E-state index contributed by atoms with van der Waals surface area (Å²) >= 11 is 8.41. The minimum absolute atomic E-state index is 0.143.